The predicted molar refractivity (Wildman–Crippen MR) is 139 cm³/mol. The first kappa shape index (κ1) is 24.7. The van der Waals surface area contributed by atoms with E-state index in [2.05, 4.69) is 5.32 Å². The van der Waals surface area contributed by atoms with Gasteiger partial charge in [-0.15, -0.1) is 0 Å². The average molecular weight is 491 g/mol. The number of amides is 2. The summed E-state index contributed by atoms with van der Waals surface area (Å²) < 4.78 is 11.3. The molecular formula is C28H30N2O4S. The molecule has 0 unspecified atom stereocenters. The van der Waals surface area contributed by atoms with E-state index in [0.29, 0.717) is 49.6 Å². The van der Waals surface area contributed by atoms with Crippen LogP contribution in [-0.2, 0) is 6.42 Å². The highest BCUT2D eigenvalue weighted by Crippen LogP contribution is 2.41. The Bertz CT molecular complexity index is 1230. The highest BCUT2D eigenvalue weighted by atomic mass is 32.2. The van der Waals surface area contributed by atoms with Gasteiger partial charge >= 0.3 is 0 Å². The van der Waals surface area contributed by atoms with Crippen LogP contribution >= 0.6 is 11.8 Å². The van der Waals surface area contributed by atoms with Gasteiger partial charge in [0, 0.05) is 28.4 Å². The van der Waals surface area contributed by atoms with Gasteiger partial charge in [-0.25, -0.2) is 0 Å². The maximum absolute atomic E-state index is 13.2. The van der Waals surface area contributed by atoms with Crippen molar-refractivity contribution in [1.82, 2.24) is 5.32 Å². The van der Waals surface area contributed by atoms with Gasteiger partial charge in [0.05, 0.1) is 24.5 Å². The fourth-order valence-corrected chi connectivity index (χ4v) is 5.11. The second-order valence-electron chi connectivity index (χ2n) is 7.98. The molecule has 0 bridgehead atoms. The lowest BCUT2D eigenvalue weighted by atomic mass is 10.1. The highest BCUT2D eigenvalue weighted by Gasteiger charge is 2.27. The molecule has 0 spiro atoms. The molecule has 3 aromatic rings. The Morgan fingerprint density at radius 3 is 2.46 bits per heavy atom. The number of carbonyl (C=O) groups is 2. The van der Waals surface area contributed by atoms with Crippen molar-refractivity contribution in [3.8, 4) is 11.5 Å². The van der Waals surface area contributed by atoms with Crippen LogP contribution in [0.4, 0.5) is 5.69 Å². The molecule has 4 rings (SSSR count). The van der Waals surface area contributed by atoms with Crippen molar-refractivity contribution in [3.63, 3.8) is 0 Å². The second-order valence-corrected chi connectivity index (χ2v) is 9.07. The van der Waals surface area contributed by atoms with E-state index in [1.165, 1.54) is 0 Å². The smallest absolute Gasteiger partial charge is 0.259 e. The molecule has 7 heteroatoms. The lowest BCUT2D eigenvalue weighted by Gasteiger charge is -2.21. The Kier molecular flexibility index (Phi) is 7.98. The topological polar surface area (TPSA) is 67.9 Å². The third kappa shape index (κ3) is 5.46. The standard InChI is InChI=1S/C28H30N2O4S/c1-4-30-22-18-20(12-14-26(22)35-25-10-8-7-9-21(25)28(30)32)27(31)29-16-15-19-11-13-23(33-5-2)24(17-19)34-6-3/h7-14,17-18H,4-6,15-16H2,1-3H3,(H,29,31). The van der Waals surface area contributed by atoms with Gasteiger partial charge in [-0.05, 0) is 75.2 Å². The zero-order chi connectivity index (χ0) is 24.8. The Balaban J connectivity index is 1.46. The largest absolute Gasteiger partial charge is 0.490 e. The number of nitrogens with zero attached hydrogens (tertiary/aromatic N) is 1. The van der Waals surface area contributed by atoms with Crippen molar-refractivity contribution in [2.75, 3.05) is 31.2 Å². The lowest BCUT2D eigenvalue weighted by Crippen LogP contribution is -2.31. The molecule has 0 radical (unpaired) electrons. The maximum atomic E-state index is 13.2. The number of hydrogen-bond acceptors (Lipinski definition) is 5. The zero-order valence-corrected chi connectivity index (χ0v) is 21.1. The van der Waals surface area contributed by atoms with Crippen LogP contribution in [-0.4, -0.2) is 38.1 Å². The van der Waals surface area contributed by atoms with E-state index in [1.807, 2.05) is 81.4 Å². The van der Waals surface area contributed by atoms with Crippen molar-refractivity contribution < 1.29 is 19.1 Å². The van der Waals surface area contributed by atoms with Gasteiger partial charge in [0.2, 0.25) is 0 Å². The quantitative estimate of drug-likeness (QED) is 0.424. The molecule has 1 N–H and O–H groups in total. The van der Waals surface area contributed by atoms with E-state index in [4.69, 9.17) is 9.47 Å². The van der Waals surface area contributed by atoms with Crippen LogP contribution in [0.3, 0.4) is 0 Å². The third-order valence-electron chi connectivity index (χ3n) is 5.72. The van der Waals surface area contributed by atoms with E-state index >= 15 is 0 Å². The molecule has 35 heavy (non-hydrogen) atoms. The molecule has 0 saturated carbocycles. The van der Waals surface area contributed by atoms with E-state index in [1.54, 1.807) is 16.7 Å². The zero-order valence-electron chi connectivity index (χ0n) is 20.3. The molecule has 0 aromatic heterocycles. The summed E-state index contributed by atoms with van der Waals surface area (Å²) in [4.78, 5) is 29.7. The lowest BCUT2D eigenvalue weighted by molar-refractivity contribution is 0.0950. The molecule has 3 aromatic carbocycles. The molecule has 6 nitrogen and oxygen atoms in total. The van der Waals surface area contributed by atoms with Crippen molar-refractivity contribution >= 4 is 29.3 Å². The molecule has 2 amide bonds. The Morgan fingerprint density at radius 2 is 1.69 bits per heavy atom. The minimum Gasteiger partial charge on any atom is -0.490 e. The molecule has 0 saturated heterocycles. The first-order valence-corrected chi connectivity index (χ1v) is 12.8. The van der Waals surface area contributed by atoms with E-state index in [0.717, 1.165) is 26.8 Å². The van der Waals surface area contributed by atoms with Gasteiger partial charge in [-0.1, -0.05) is 30.0 Å². The second kappa shape index (κ2) is 11.3. The van der Waals surface area contributed by atoms with Crippen LogP contribution in [0, 0.1) is 0 Å². The van der Waals surface area contributed by atoms with Crippen LogP contribution in [0.15, 0.2) is 70.5 Å². The number of hydrogen-bond donors (Lipinski definition) is 1. The molecule has 1 aliphatic rings. The van der Waals surface area contributed by atoms with Gasteiger partial charge in [0.15, 0.2) is 11.5 Å². The molecule has 1 heterocycles. The first-order chi connectivity index (χ1) is 17.0. The van der Waals surface area contributed by atoms with Crippen molar-refractivity contribution in [2.45, 2.75) is 37.0 Å². The number of benzene rings is 3. The number of anilines is 1. The van der Waals surface area contributed by atoms with Crippen LogP contribution in [0.1, 0.15) is 47.1 Å². The average Bonchev–Trinajstić information content (AvgIpc) is 2.98. The Morgan fingerprint density at radius 1 is 0.914 bits per heavy atom. The van der Waals surface area contributed by atoms with Crippen LogP contribution < -0.4 is 19.7 Å². The molecule has 0 fully saturated rings. The van der Waals surface area contributed by atoms with Gasteiger partial charge in [0.25, 0.3) is 11.8 Å². The summed E-state index contributed by atoms with van der Waals surface area (Å²) >= 11 is 1.56. The van der Waals surface area contributed by atoms with E-state index < -0.39 is 0 Å². The number of nitrogens with one attached hydrogen (secondary N) is 1. The summed E-state index contributed by atoms with van der Waals surface area (Å²) in [5.41, 5.74) is 3.03. The van der Waals surface area contributed by atoms with E-state index in [9.17, 15) is 9.59 Å². The van der Waals surface area contributed by atoms with Crippen LogP contribution in [0.5, 0.6) is 11.5 Å². The SMILES string of the molecule is CCOc1ccc(CCNC(=O)c2ccc3c(c2)N(CC)C(=O)c2ccccc2S3)cc1OCC. The highest BCUT2D eigenvalue weighted by molar-refractivity contribution is 7.99. The van der Waals surface area contributed by atoms with Gasteiger partial charge in [-0.2, -0.15) is 0 Å². The fourth-order valence-electron chi connectivity index (χ4n) is 4.05. The summed E-state index contributed by atoms with van der Waals surface area (Å²) in [6.07, 6.45) is 0.661. The molecule has 1 aliphatic heterocycles. The number of ether oxygens (including phenoxy) is 2. The number of rotatable bonds is 9. The Hall–Kier alpha value is -3.45. The summed E-state index contributed by atoms with van der Waals surface area (Å²) in [6.45, 7) is 7.95. The minimum atomic E-state index is -0.168. The molecule has 0 aliphatic carbocycles. The summed E-state index contributed by atoms with van der Waals surface area (Å²) in [7, 11) is 0. The first-order valence-electron chi connectivity index (χ1n) is 11.9. The molecule has 182 valence electrons. The summed E-state index contributed by atoms with van der Waals surface area (Å²) in [6, 6.07) is 19.0. The van der Waals surface area contributed by atoms with Crippen LogP contribution in [0.25, 0.3) is 0 Å². The minimum absolute atomic E-state index is 0.0486. The van der Waals surface area contributed by atoms with Crippen LogP contribution in [0.2, 0.25) is 0 Å². The molecular weight excluding hydrogens is 460 g/mol. The van der Waals surface area contributed by atoms with Gasteiger partial charge in [0.1, 0.15) is 0 Å². The Labute approximate surface area is 210 Å². The maximum Gasteiger partial charge on any atom is 0.259 e. The fraction of sp³-hybridized carbons (Fsp3) is 0.286. The monoisotopic (exact) mass is 490 g/mol. The normalized spacial score (nSPS) is 12.4. The van der Waals surface area contributed by atoms with Gasteiger partial charge in [-0.3, -0.25) is 9.59 Å². The molecule has 0 atom stereocenters. The predicted octanol–water partition coefficient (Wildman–Crippen LogP) is 5.59. The van der Waals surface area contributed by atoms with Crippen molar-refractivity contribution in [2.24, 2.45) is 0 Å². The summed E-state index contributed by atoms with van der Waals surface area (Å²) in [5.74, 6) is 1.22. The van der Waals surface area contributed by atoms with Crippen molar-refractivity contribution in [3.05, 3.63) is 77.4 Å². The van der Waals surface area contributed by atoms with Gasteiger partial charge < -0.3 is 19.7 Å². The summed E-state index contributed by atoms with van der Waals surface area (Å²) in [5, 5.41) is 3.00. The number of fused-ring (bicyclic) bond motifs is 2. The van der Waals surface area contributed by atoms with E-state index in [-0.39, 0.29) is 11.8 Å². The van der Waals surface area contributed by atoms with Crippen molar-refractivity contribution in [1.29, 1.82) is 0 Å². The number of carbonyl (C=O) groups excluding carboxylic acids is 2. The third-order valence-corrected chi connectivity index (χ3v) is 6.86.